The van der Waals surface area contributed by atoms with E-state index >= 15 is 0 Å². The lowest BCUT2D eigenvalue weighted by atomic mass is 9.99. The second-order valence-electron chi connectivity index (χ2n) is 4.43. The van der Waals surface area contributed by atoms with Crippen molar-refractivity contribution >= 4 is 5.91 Å². The Morgan fingerprint density at radius 1 is 1.59 bits per heavy atom. The highest BCUT2D eigenvalue weighted by Crippen LogP contribution is 2.07. The Labute approximate surface area is 103 Å². The van der Waals surface area contributed by atoms with Crippen LogP contribution in [-0.4, -0.2) is 16.9 Å². The van der Waals surface area contributed by atoms with Crippen molar-refractivity contribution in [3.05, 3.63) is 29.6 Å². The van der Waals surface area contributed by atoms with E-state index < -0.39 is 6.04 Å². The molecule has 0 saturated carbocycles. The summed E-state index contributed by atoms with van der Waals surface area (Å²) in [5.41, 5.74) is 8.00. The second-order valence-corrected chi connectivity index (χ2v) is 4.43. The van der Waals surface area contributed by atoms with Gasteiger partial charge in [-0.15, -0.1) is 0 Å². The summed E-state index contributed by atoms with van der Waals surface area (Å²) < 4.78 is 0. The van der Waals surface area contributed by atoms with Gasteiger partial charge in [0, 0.05) is 18.9 Å². The van der Waals surface area contributed by atoms with Gasteiger partial charge >= 0.3 is 0 Å². The van der Waals surface area contributed by atoms with Crippen LogP contribution in [0.4, 0.5) is 0 Å². The largest absolute Gasteiger partial charge is 0.351 e. The quantitative estimate of drug-likeness (QED) is 0.810. The molecule has 94 valence electrons. The summed E-state index contributed by atoms with van der Waals surface area (Å²) in [6.07, 6.45) is 4.42. The van der Waals surface area contributed by atoms with Crippen LogP contribution in [0.25, 0.3) is 0 Å². The predicted octanol–water partition coefficient (Wildman–Crippen LogP) is 1.38. The van der Waals surface area contributed by atoms with Crippen LogP contribution in [0.1, 0.15) is 31.4 Å². The lowest BCUT2D eigenvalue weighted by Crippen LogP contribution is -2.44. The van der Waals surface area contributed by atoms with Gasteiger partial charge in [0.1, 0.15) is 0 Å². The summed E-state index contributed by atoms with van der Waals surface area (Å²) in [6, 6.07) is 1.48. The Morgan fingerprint density at radius 3 is 2.88 bits per heavy atom. The van der Waals surface area contributed by atoms with Gasteiger partial charge in [0.15, 0.2) is 0 Å². The molecule has 0 bridgehead atoms. The van der Waals surface area contributed by atoms with E-state index in [2.05, 4.69) is 10.3 Å². The third-order valence-corrected chi connectivity index (χ3v) is 3.15. The van der Waals surface area contributed by atoms with E-state index in [9.17, 15) is 4.79 Å². The molecule has 0 aromatic carbocycles. The number of amides is 1. The maximum Gasteiger partial charge on any atom is 0.237 e. The van der Waals surface area contributed by atoms with Crippen LogP contribution in [0.15, 0.2) is 18.5 Å². The molecule has 17 heavy (non-hydrogen) atoms. The van der Waals surface area contributed by atoms with Crippen molar-refractivity contribution in [1.29, 1.82) is 0 Å². The van der Waals surface area contributed by atoms with Gasteiger partial charge in [-0.1, -0.05) is 20.3 Å². The number of aryl methyl sites for hydroxylation is 1. The molecule has 1 rings (SSSR count). The molecular weight excluding hydrogens is 214 g/mol. The third-order valence-electron chi connectivity index (χ3n) is 3.15. The smallest absolute Gasteiger partial charge is 0.237 e. The van der Waals surface area contributed by atoms with Crippen molar-refractivity contribution in [2.24, 2.45) is 11.7 Å². The summed E-state index contributed by atoms with van der Waals surface area (Å²) in [5.74, 6) is 0.115. The lowest BCUT2D eigenvalue weighted by Gasteiger charge is -2.18. The maximum atomic E-state index is 11.8. The minimum Gasteiger partial charge on any atom is -0.351 e. The van der Waals surface area contributed by atoms with Crippen molar-refractivity contribution in [2.45, 2.75) is 39.8 Å². The fourth-order valence-corrected chi connectivity index (χ4v) is 1.51. The molecule has 3 N–H and O–H groups in total. The SMILES string of the molecule is CC[C@H](C)[C@H](N)C(=O)NCc1ccncc1C. The number of rotatable bonds is 5. The number of aromatic nitrogens is 1. The predicted molar refractivity (Wildman–Crippen MR) is 68.3 cm³/mol. The Bertz CT molecular complexity index is 379. The van der Waals surface area contributed by atoms with E-state index in [0.29, 0.717) is 6.54 Å². The first-order valence-corrected chi connectivity index (χ1v) is 5.99. The molecule has 0 aliphatic heterocycles. The van der Waals surface area contributed by atoms with Crippen LogP contribution in [0.5, 0.6) is 0 Å². The number of hydrogen-bond acceptors (Lipinski definition) is 3. The third kappa shape index (κ3) is 3.82. The Morgan fingerprint density at radius 2 is 2.29 bits per heavy atom. The van der Waals surface area contributed by atoms with Crippen molar-refractivity contribution in [3.8, 4) is 0 Å². The number of pyridine rings is 1. The molecule has 1 amide bonds. The highest BCUT2D eigenvalue weighted by molar-refractivity contribution is 5.81. The summed E-state index contributed by atoms with van der Waals surface area (Å²) in [7, 11) is 0. The number of nitrogens with two attached hydrogens (primary N) is 1. The number of hydrogen-bond donors (Lipinski definition) is 2. The monoisotopic (exact) mass is 235 g/mol. The van der Waals surface area contributed by atoms with Gasteiger partial charge in [-0.05, 0) is 30.0 Å². The van der Waals surface area contributed by atoms with Crippen LogP contribution < -0.4 is 11.1 Å². The average Bonchev–Trinajstić information content (AvgIpc) is 2.35. The maximum absolute atomic E-state index is 11.8. The minimum absolute atomic E-state index is 0.0874. The van der Waals surface area contributed by atoms with Gasteiger partial charge in [0.2, 0.25) is 5.91 Å². The van der Waals surface area contributed by atoms with Crippen molar-refractivity contribution < 1.29 is 4.79 Å². The lowest BCUT2D eigenvalue weighted by molar-refractivity contribution is -0.123. The second kappa shape index (κ2) is 6.35. The van der Waals surface area contributed by atoms with Crippen LogP contribution in [0.2, 0.25) is 0 Å². The molecule has 0 radical (unpaired) electrons. The van der Waals surface area contributed by atoms with E-state index in [4.69, 9.17) is 5.73 Å². The first kappa shape index (κ1) is 13.6. The fourth-order valence-electron chi connectivity index (χ4n) is 1.51. The van der Waals surface area contributed by atoms with Crippen molar-refractivity contribution in [2.75, 3.05) is 0 Å². The normalized spacial score (nSPS) is 14.1. The van der Waals surface area contributed by atoms with Crippen LogP contribution in [0.3, 0.4) is 0 Å². The Balaban J connectivity index is 2.51. The Kier molecular flexibility index (Phi) is 5.10. The molecule has 1 aromatic rings. The van der Waals surface area contributed by atoms with E-state index in [1.165, 1.54) is 0 Å². The van der Waals surface area contributed by atoms with E-state index in [0.717, 1.165) is 17.5 Å². The molecule has 0 spiro atoms. The van der Waals surface area contributed by atoms with E-state index in [1.807, 2.05) is 26.8 Å². The van der Waals surface area contributed by atoms with Gasteiger partial charge in [0.25, 0.3) is 0 Å². The minimum atomic E-state index is -0.429. The van der Waals surface area contributed by atoms with Gasteiger partial charge in [-0.25, -0.2) is 0 Å². The first-order chi connectivity index (χ1) is 8.06. The zero-order valence-electron chi connectivity index (χ0n) is 10.7. The number of nitrogens with one attached hydrogen (secondary N) is 1. The van der Waals surface area contributed by atoms with Gasteiger partial charge in [-0.2, -0.15) is 0 Å². The van der Waals surface area contributed by atoms with Crippen LogP contribution in [0, 0.1) is 12.8 Å². The standard InChI is InChI=1S/C13H21N3O/c1-4-9(2)12(14)13(17)16-8-11-5-6-15-7-10(11)3/h5-7,9,12H,4,8,14H2,1-3H3,(H,16,17)/t9-,12-/m0/s1. The molecule has 0 aliphatic carbocycles. The highest BCUT2D eigenvalue weighted by atomic mass is 16.2. The van der Waals surface area contributed by atoms with Crippen molar-refractivity contribution in [1.82, 2.24) is 10.3 Å². The zero-order chi connectivity index (χ0) is 12.8. The van der Waals surface area contributed by atoms with Gasteiger partial charge in [-0.3, -0.25) is 9.78 Å². The molecule has 4 heteroatoms. The highest BCUT2D eigenvalue weighted by Gasteiger charge is 2.18. The number of carbonyl (C=O) groups excluding carboxylic acids is 1. The molecule has 2 atom stereocenters. The molecule has 0 unspecified atom stereocenters. The molecule has 4 nitrogen and oxygen atoms in total. The van der Waals surface area contributed by atoms with E-state index in [-0.39, 0.29) is 11.8 Å². The molecule has 0 fully saturated rings. The summed E-state index contributed by atoms with van der Waals surface area (Å²) in [5, 5.41) is 2.86. The number of carbonyl (C=O) groups is 1. The zero-order valence-corrected chi connectivity index (χ0v) is 10.7. The summed E-state index contributed by atoms with van der Waals surface area (Å²) in [6.45, 7) is 6.51. The van der Waals surface area contributed by atoms with Gasteiger partial charge in [0.05, 0.1) is 6.04 Å². The summed E-state index contributed by atoms with van der Waals surface area (Å²) in [4.78, 5) is 15.8. The molecule has 0 aliphatic rings. The van der Waals surface area contributed by atoms with Gasteiger partial charge < -0.3 is 11.1 Å². The Hall–Kier alpha value is -1.42. The fraction of sp³-hybridized carbons (Fsp3) is 0.538. The summed E-state index contributed by atoms with van der Waals surface area (Å²) >= 11 is 0. The first-order valence-electron chi connectivity index (χ1n) is 5.99. The molecular formula is C13H21N3O. The molecule has 1 aromatic heterocycles. The average molecular weight is 235 g/mol. The van der Waals surface area contributed by atoms with Crippen molar-refractivity contribution in [3.63, 3.8) is 0 Å². The van der Waals surface area contributed by atoms with Crippen LogP contribution in [-0.2, 0) is 11.3 Å². The van der Waals surface area contributed by atoms with Crippen LogP contribution >= 0.6 is 0 Å². The number of nitrogens with zero attached hydrogens (tertiary/aromatic N) is 1. The molecule has 1 heterocycles. The topological polar surface area (TPSA) is 68.0 Å². The van der Waals surface area contributed by atoms with E-state index in [1.54, 1.807) is 12.4 Å². The molecule has 0 saturated heterocycles.